The summed E-state index contributed by atoms with van der Waals surface area (Å²) in [7, 11) is 1.82. The Labute approximate surface area is 177 Å². The molecule has 0 unspecified atom stereocenters. The van der Waals surface area contributed by atoms with Crippen LogP contribution in [0.25, 0.3) is 11.0 Å². The second-order valence-electron chi connectivity index (χ2n) is 8.20. The van der Waals surface area contributed by atoms with E-state index in [0.717, 1.165) is 48.5 Å². The highest BCUT2D eigenvalue weighted by atomic mass is 16.3. The molecule has 4 rings (SSSR count). The number of hydrogen-bond donors (Lipinski definition) is 1. The Morgan fingerprint density at radius 1 is 1.30 bits per heavy atom. The van der Waals surface area contributed by atoms with Gasteiger partial charge in [0.15, 0.2) is 0 Å². The summed E-state index contributed by atoms with van der Waals surface area (Å²) >= 11 is 0. The van der Waals surface area contributed by atoms with Gasteiger partial charge in [-0.3, -0.25) is 4.79 Å². The Balaban J connectivity index is 1.44. The highest BCUT2D eigenvalue weighted by molar-refractivity contribution is 5.78. The summed E-state index contributed by atoms with van der Waals surface area (Å²) in [6.07, 6.45) is 6.77. The second-order valence-corrected chi connectivity index (χ2v) is 8.20. The minimum atomic E-state index is -0.596. The van der Waals surface area contributed by atoms with Crippen LogP contribution in [0.1, 0.15) is 50.3 Å². The third-order valence-electron chi connectivity index (χ3n) is 6.51. The molecular formula is C23H31N5O2. The zero-order valence-electron chi connectivity index (χ0n) is 18.0. The molecule has 3 atom stereocenters. The van der Waals surface area contributed by atoms with Crippen molar-refractivity contribution in [3.05, 3.63) is 48.3 Å². The van der Waals surface area contributed by atoms with Crippen LogP contribution in [0.15, 0.2) is 36.7 Å². The van der Waals surface area contributed by atoms with Crippen molar-refractivity contribution >= 4 is 16.9 Å². The Hall–Kier alpha value is -2.67. The Kier molecular flexibility index (Phi) is 5.90. The molecule has 0 saturated heterocycles. The molecule has 1 amide bonds. The lowest BCUT2D eigenvalue weighted by atomic mass is 9.86. The number of aromatic nitrogens is 4. The first kappa shape index (κ1) is 20.6. The van der Waals surface area contributed by atoms with Crippen LogP contribution >= 0.6 is 0 Å². The number of aliphatic hydroxyl groups excluding tert-OH is 1. The molecule has 2 aromatic heterocycles. The minimum absolute atomic E-state index is 0.0363. The van der Waals surface area contributed by atoms with Crippen molar-refractivity contribution in [2.45, 2.75) is 70.7 Å². The highest BCUT2D eigenvalue weighted by Crippen LogP contribution is 2.32. The first-order valence-corrected chi connectivity index (χ1v) is 10.9. The molecule has 0 spiro atoms. The number of para-hydroxylation sites is 2. The number of nitrogens with zero attached hydrogens (tertiary/aromatic N) is 5. The van der Waals surface area contributed by atoms with Gasteiger partial charge in [-0.05, 0) is 45.2 Å². The van der Waals surface area contributed by atoms with Crippen molar-refractivity contribution in [1.82, 2.24) is 24.0 Å². The van der Waals surface area contributed by atoms with Gasteiger partial charge in [-0.2, -0.15) is 0 Å². The standard InChI is InChI=1S/C23H31N5O2/c1-4-27-18-9-6-5-8-17(18)25-21(27)12-13-22(29)26(3)19-10-7-11-20(23(19)30)28-15-14-24-16(28)2/h5-6,8-9,14-15,19-20,23,30H,4,7,10-13H2,1-3H3/t19-,20-,23-/m1/s1. The summed E-state index contributed by atoms with van der Waals surface area (Å²) in [5.41, 5.74) is 2.08. The summed E-state index contributed by atoms with van der Waals surface area (Å²) in [6.45, 7) is 4.88. The summed E-state index contributed by atoms with van der Waals surface area (Å²) < 4.78 is 4.22. The van der Waals surface area contributed by atoms with Crippen LogP contribution in [0.3, 0.4) is 0 Å². The molecule has 160 valence electrons. The Morgan fingerprint density at radius 3 is 2.83 bits per heavy atom. The molecular weight excluding hydrogens is 378 g/mol. The number of hydrogen-bond acceptors (Lipinski definition) is 4. The smallest absolute Gasteiger partial charge is 0.223 e. The fourth-order valence-corrected chi connectivity index (χ4v) is 4.85. The molecule has 3 aromatic rings. The second kappa shape index (κ2) is 8.60. The predicted octanol–water partition coefficient (Wildman–Crippen LogP) is 3.11. The molecule has 1 fully saturated rings. The zero-order valence-corrected chi connectivity index (χ0v) is 18.0. The van der Waals surface area contributed by atoms with E-state index in [1.165, 1.54) is 0 Å². The lowest BCUT2D eigenvalue weighted by Gasteiger charge is -2.40. The molecule has 1 aliphatic carbocycles. The molecule has 7 heteroatoms. The molecule has 1 aliphatic rings. The maximum Gasteiger partial charge on any atom is 0.223 e. The molecule has 7 nitrogen and oxygen atoms in total. The number of likely N-dealkylation sites (N-methyl/N-ethyl adjacent to an activating group) is 1. The van der Waals surface area contributed by atoms with E-state index >= 15 is 0 Å². The molecule has 1 N–H and O–H groups in total. The van der Waals surface area contributed by atoms with E-state index in [2.05, 4.69) is 22.5 Å². The summed E-state index contributed by atoms with van der Waals surface area (Å²) in [6, 6.07) is 7.87. The SMILES string of the molecule is CCn1c(CCC(=O)N(C)[C@@H]2CCC[C@@H](n3ccnc3C)[C@@H]2O)nc2ccccc21. The van der Waals surface area contributed by atoms with Crippen molar-refractivity contribution in [3.63, 3.8) is 0 Å². The van der Waals surface area contributed by atoms with Crippen LogP contribution in [-0.4, -0.2) is 54.2 Å². The Morgan fingerprint density at radius 2 is 2.10 bits per heavy atom. The Bertz CT molecular complexity index is 1020. The number of fused-ring (bicyclic) bond motifs is 1. The summed E-state index contributed by atoms with van der Waals surface area (Å²) in [4.78, 5) is 23.8. The van der Waals surface area contributed by atoms with Crippen molar-refractivity contribution in [3.8, 4) is 0 Å². The molecule has 0 radical (unpaired) electrons. The van der Waals surface area contributed by atoms with E-state index < -0.39 is 6.10 Å². The third-order valence-corrected chi connectivity index (χ3v) is 6.51. The van der Waals surface area contributed by atoms with E-state index in [1.54, 1.807) is 11.1 Å². The third kappa shape index (κ3) is 3.74. The van der Waals surface area contributed by atoms with Gasteiger partial charge in [0, 0.05) is 38.8 Å². The number of rotatable bonds is 6. The van der Waals surface area contributed by atoms with Gasteiger partial charge in [0.2, 0.25) is 5.91 Å². The molecule has 30 heavy (non-hydrogen) atoms. The number of aliphatic hydroxyl groups is 1. The van der Waals surface area contributed by atoms with E-state index in [1.807, 2.05) is 42.9 Å². The maximum absolute atomic E-state index is 13.0. The maximum atomic E-state index is 13.0. The van der Waals surface area contributed by atoms with E-state index in [9.17, 15) is 9.90 Å². The van der Waals surface area contributed by atoms with Gasteiger partial charge in [-0.1, -0.05) is 12.1 Å². The van der Waals surface area contributed by atoms with Gasteiger partial charge in [0.25, 0.3) is 0 Å². The molecule has 1 aromatic carbocycles. The van der Waals surface area contributed by atoms with Crippen molar-refractivity contribution in [2.75, 3.05) is 7.05 Å². The number of imidazole rings is 2. The van der Waals surface area contributed by atoms with E-state index in [0.29, 0.717) is 12.8 Å². The van der Waals surface area contributed by atoms with Gasteiger partial charge in [-0.15, -0.1) is 0 Å². The topological polar surface area (TPSA) is 76.2 Å². The summed E-state index contributed by atoms with van der Waals surface area (Å²) in [5, 5.41) is 11.0. The number of carbonyl (C=O) groups is 1. The first-order valence-electron chi connectivity index (χ1n) is 10.9. The van der Waals surface area contributed by atoms with Crippen LogP contribution in [0, 0.1) is 6.92 Å². The average molecular weight is 410 g/mol. The van der Waals surface area contributed by atoms with Gasteiger partial charge < -0.3 is 19.1 Å². The predicted molar refractivity (Wildman–Crippen MR) is 116 cm³/mol. The summed E-state index contributed by atoms with van der Waals surface area (Å²) in [5.74, 6) is 1.89. The van der Waals surface area contributed by atoms with Gasteiger partial charge >= 0.3 is 0 Å². The molecule has 1 saturated carbocycles. The van der Waals surface area contributed by atoms with Gasteiger partial charge in [0.05, 0.1) is 29.2 Å². The fraction of sp³-hybridized carbons (Fsp3) is 0.522. The lowest BCUT2D eigenvalue weighted by molar-refractivity contribution is -0.136. The van der Waals surface area contributed by atoms with Crippen molar-refractivity contribution in [1.29, 1.82) is 0 Å². The van der Waals surface area contributed by atoms with Gasteiger partial charge in [0.1, 0.15) is 11.6 Å². The monoisotopic (exact) mass is 409 g/mol. The van der Waals surface area contributed by atoms with Gasteiger partial charge in [-0.25, -0.2) is 9.97 Å². The normalized spacial score (nSPS) is 21.8. The van der Waals surface area contributed by atoms with E-state index in [-0.39, 0.29) is 18.0 Å². The number of aryl methyl sites for hydroxylation is 3. The number of amides is 1. The quantitative estimate of drug-likeness (QED) is 0.679. The zero-order chi connectivity index (χ0) is 21.3. The largest absolute Gasteiger partial charge is 0.389 e. The van der Waals surface area contributed by atoms with E-state index in [4.69, 9.17) is 4.98 Å². The average Bonchev–Trinajstić information content (AvgIpc) is 3.34. The van der Waals surface area contributed by atoms with Crippen LogP contribution in [0.4, 0.5) is 0 Å². The number of carbonyl (C=O) groups excluding carboxylic acids is 1. The van der Waals surface area contributed by atoms with Crippen LogP contribution in [-0.2, 0) is 17.8 Å². The van der Waals surface area contributed by atoms with Crippen molar-refractivity contribution < 1.29 is 9.90 Å². The molecule has 2 heterocycles. The van der Waals surface area contributed by atoms with Crippen LogP contribution < -0.4 is 0 Å². The fourth-order valence-electron chi connectivity index (χ4n) is 4.85. The molecule has 0 aliphatic heterocycles. The first-order chi connectivity index (χ1) is 14.5. The molecule has 0 bridgehead atoms. The van der Waals surface area contributed by atoms with Crippen molar-refractivity contribution in [2.24, 2.45) is 0 Å². The number of benzene rings is 1. The van der Waals surface area contributed by atoms with Crippen LogP contribution in [0.2, 0.25) is 0 Å². The van der Waals surface area contributed by atoms with Crippen LogP contribution in [0.5, 0.6) is 0 Å². The lowest BCUT2D eigenvalue weighted by Crippen LogP contribution is -2.50. The minimum Gasteiger partial charge on any atom is -0.389 e. The highest BCUT2D eigenvalue weighted by Gasteiger charge is 2.37.